The van der Waals surface area contributed by atoms with Gasteiger partial charge >= 0.3 is 6.09 Å². The standard InChI is InChI=1S/C18H28N4O2/c1-2-24-17(23)21-11-6-18(14-21)12-16(13-18)20-9-4-15(5-10-20)22-8-3-7-19-22/h3,7-8,15-16H,2,4-6,9-14H2,1H3. The van der Waals surface area contributed by atoms with Crippen LogP contribution in [0.2, 0.25) is 0 Å². The van der Waals surface area contributed by atoms with E-state index < -0.39 is 0 Å². The molecule has 4 rings (SSSR count). The maximum Gasteiger partial charge on any atom is 0.409 e. The number of carbonyl (C=O) groups excluding carboxylic acids is 1. The average molecular weight is 332 g/mol. The van der Waals surface area contributed by atoms with Gasteiger partial charge in [0.05, 0.1) is 12.6 Å². The molecule has 6 heteroatoms. The molecule has 24 heavy (non-hydrogen) atoms. The summed E-state index contributed by atoms with van der Waals surface area (Å²) in [5.74, 6) is 0. The highest BCUT2D eigenvalue weighted by Gasteiger charge is 2.51. The minimum absolute atomic E-state index is 0.127. The Bertz CT molecular complexity index is 560. The molecular weight excluding hydrogens is 304 g/mol. The highest BCUT2D eigenvalue weighted by atomic mass is 16.6. The molecule has 1 aromatic rings. The van der Waals surface area contributed by atoms with Gasteiger partial charge in [0.15, 0.2) is 0 Å². The number of piperidine rings is 1. The third kappa shape index (κ3) is 2.92. The van der Waals surface area contributed by atoms with Gasteiger partial charge in [0.1, 0.15) is 0 Å². The molecule has 132 valence electrons. The quantitative estimate of drug-likeness (QED) is 0.853. The predicted octanol–water partition coefficient (Wildman–Crippen LogP) is 2.53. The minimum Gasteiger partial charge on any atom is -0.450 e. The van der Waals surface area contributed by atoms with Gasteiger partial charge in [-0.15, -0.1) is 0 Å². The summed E-state index contributed by atoms with van der Waals surface area (Å²) in [7, 11) is 0. The first-order chi connectivity index (χ1) is 11.7. The summed E-state index contributed by atoms with van der Waals surface area (Å²) in [5, 5.41) is 4.39. The summed E-state index contributed by atoms with van der Waals surface area (Å²) >= 11 is 0. The summed E-state index contributed by atoms with van der Waals surface area (Å²) < 4.78 is 7.27. The zero-order valence-electron chi connectivity index (χ0n) is 14.6. The Balaban J connectivity index is 1.24. The maximum atomic E-state index is 11.9. The number of nitrogens with zero attached hydrogens (tertiary/aromatic N) is 4. The molecule has 1 aromatic heterocycles. The Morgan fingerprint density at radius 1 is 1.25 bits per heavy atom. The van der Waals surface area contributed by atoms with Crippen molar-refractivity contribution in [3.8, 4) is 0 Å². The van der Waals surface area contributed by atoms with Crippen molar-refractivity contribution in [2.75, 3.05) is 32.8 Å². The minimum atomic E-state index is -0.127. The molecule has 3 aliphatic rings. The number of likely N-dealkylation sites (tertiary alicyclic amines) is 2. The molecule has 6 nitrogen and oxygen atoms in total. The van der Waals surface area contributed by atoms with Crippen LogP contribution in [0, 0.1) is 5.41 Å². The molecule has 3 fully saturated rings. The van der Waals surface area contributed by atoms with Gasteiger partial charge in [-0.05, 0) is 50.5 Å². The zero-order valence-corrected chi connectivity index (χ0v) is 14.6. The zero-order chi connectivity index (χ0) is 16.6. The van der Waals surface area contributed by atoms with E-state index in [0.29, 0.717) is 24.1 Å². The van der Waals surface area contributed by atoms with Crippen LogP contribution in [0.15, 0.2) is 18.5 Å². The summed E-state index contributed by atoms with van der Waals surface area (Å²) in [5.41, 5.74) is 0.371. The van der Waals surface area contributed by atoms with E-state index in [1.54, 1.807) is 0 Å². The van der Waals surface area contributed by atoms with E-state index in [0.717, 1.165) is 19.5 Å². The number of hydrogen-bond donors (Lipinski definition) is 0. The lowest BCUT2D eigenvalue weighted by Gasteiger charge is -2.51. The van der Waals surface area contributed by atoms with Gasteiger partial charge in [-0.25, -0.2) is 4.79 Å². The third-order valence-electron chi connectivity index (χ3n) is 6.22. The van der Waals surface area contributed by atoms with Crippen molar-refractivity contribution in [1.82, 2.24) is 19.6 Å². The molecule has 1 aliphatic carbocycles. The normalized spacial score (nSPS) is 31.4. The van der Waals surface area contributed by atoms with E-state index in [1.807, 2.05) is 24.1 Å². The number of rotatable bonds is 3. The van der Waals surface area contributed by atoms with Gasteiger partial charge in [0.25, 0.3) is 0 Å². The number of hydrogen-bond acceptors (Lipinski definition) is 4. The van der Waals surface area contributed by atoms with Crippen molar-refractivity contribution < 1.29 is 9.53 Å². The Morgan fingerprint density at radius 3 is 2.71 bits per heavy atom. The number of amides is 1. The number of aromatic nitrogens is 2. The fourth-order valence-electron chi connectivity index (χ4n) is 4.85. The number of carbonyl (C=O) groups is 1. The van der Waals surface area contributed by atoms with Crippen LogP contribution >= 0.6 is 0 Å². The summed E-state index contributed by atoms with van der Waals surface area (Å²) in [6, 6.07) is 3.29. The Labute approximate surface area is 143 Å². The molecule has 1 amide bonds. The molecule has 1 saturated carbocycles. The first kappa shape index (κ1) is 15.9. The third-order valence-corrected chi connectivity index (χ3v) is 6.22. The molecule has 0 bridgehead atoms. The van der Waals surface area contributed by atoms with Crippen molar-refractivity contribution >= 4 is 6.09 Å². The first-order valence-corrected chi connectivity index (χ1v) is 9.34. The van der Waals surface area contributed by atoms with Crippen LogP contribution in [0.3, 0.4) is 0 Å². The van der Waals surface area contributed by atoms with E-state index in [1.165, 1.54) is 38.8 Å². The van der Waals surface area contributed by atoms with E-state index in [2.05, 4.69) is 20.9 Å². The number of ether oxygens (including phenoxy) is 1. The molecule has 3 heterocycles. The van der Waals surface area contributed by atoms with Gasteiger partial charge in [0.2, 0.25) is 0 Å². The van der Waals surface area contributed by atoms with Gasteiger partial charge < -0.3 is 14.5 Å². The van der Waals surface area contributed by atoms with Crippen molar-refractivity contribution in [2.45, 2.75) is 51.1 Å². The molecule has 0 atom stereocenters. The molecule has 2 saturated heterocycles. The lowest BCUT2D eigenvalue weighted by molar-refractivity contribution is -0.00898. The highest BCUT2D eigenvalue weighted by molar-refractivity contribution is 5.68. The van der Waals surface area contributed by atoms with Crippen LogP contribution in [0.4, 0.5) is 4.79 Å². The van der Waals surface area contributed by atoms with Crippen molar-refractivity contribution in [2.24, 2.45) is 5.41 Å². The van der Waals surface area contributed by atoms with Crippen molar-refractivity contribution in [3.05, 3.63) is 18.5 Å². The Kier molecular flexibility index (Phi) is 4.24. The molecule has 0 N–H and O–H groups in total. The smallest absolute Gasteiger partial charge is 0.409 e. The summed E-state index contributed by atoms with van der Waals surface area (Å²) in [4.78, 5) is 16.5. The SMILES string of the molecule is CCOC(=O)N1CCC2(CC(N3CCC(n4cccn4)CC3)C2)C1. The van der Waals surface area contributed by atoms with Crippen molar-refractivity contribution in [1.29, 1.82) is 0 Å². The van der Waals surface area contributed by atoms with E-state index in [-0.39, 0.29) is 6.09 Å². The molecule has 2 aliphatic heterocycles. The van der Waals surface area contributed by atoms with Gasteiger partial charge in [0, 0.05) is 44.6 Å². The fraction of sp³-hybridized carbons (Fsp3) is 0.778. The molecule has 0 radical (unpaired) electrons. The van der Waals surface area contributed by atoms with E-state index in [4.69, 9.17) is 4.74 Å². The monoisotopic (exact) mass is 332 g/mol. The highest BCUT2D eigenvalue weighted by Crippen LogP contribution is 2.50. The van der Waals surface area contributed by atoms with Gasteiger partial charge in [-0.2, -0.15) is 5.10 Å². The molecule has 0 aromatic carbocycles. The Morgan fingerprint density at radius 2 is 2.04 bits per heavy atom. The molecule has 0 unspecified atom stereocenters. The second-order valence-electron chi connectivity index (χ2n) is 7.69. The molecule has 1 spiro atoms. The van der Waals surface area contributed by atoms with Crippen LogP contribution in [-0.2, 0) is 4.74 Å². The predicted molar refractivity (Wildman–Crippen MR) is 90.7 cm³/mol. The lowest BCUT2D eigenvalue weighted by Crippen LogP contribution is -2.54. The van der Waals surface area contributed by atoms with Crippen LogP contribution in [0.1, 0.15) is 45.1 Å². The maximum absolute atomic E-state index is 11.9. The van der Waals surface area contributed by atoms with E-state index >= 15 is 0 Å². The molecular formula is C18H28N4O2. The summed E-state index contributed by atoms with van der Waals surface area (Å²) in [6.07, 6.45) is 9.85. The Hall–Kier alpha value is -1.56. The van der Waals surface area contributed by atoms with Crippen LogP contribution < -0.4 is 0 Å². The van der Waals surface area contributed by atoms with Crippen LogP contribution in [0.5, 0.6) is 0 Å². The first-order valence-electron chi connectivity index (χ1n) is 9.34. The van der Waals surface area contributed by atoms with Gasteiger partial charge in [-0.3, -0.25) is 4.68 Å². The second kappa shape index (κ2) is 6.39. The van der Waals surface area contributed by atoms with Crippen LogP contribution in [0.25, 0.3) is 0 Å². The fourth-order valence-corrected chi connectivity index (χ4v) is 4.85. The van der Waals surface area contributed by atoms with E-state index in [9.17, 15) is 4.79 Å². The van der Waals surface area contributed by atoms with Crippen LogP contribution in [-0.4, -0.2) is 64.5 Å². The van der Waals surface area contributed by atoms with Crippen molar-refractivity contribution in [3.63, 3.8) is 0 Å². The topological polar surface area (TPSA) is 50.6 Å². The van der Waals surface area contributed by atoms with Gasteiger partial charge in [-0.1, -0.05) is 0 Å². The second-order valence-corrected chi connectivity index (χ2v) is 7.69. The average Bonchev–Trinajstić information content (AvgIpc) is 3.24. The summed E-state index contributed by atoms with van der Waals surface area (Å²) in [6.45, 7) is 6.45. The largest absolute Gasteiger partial charge is 0.450 e. The lowest BCUT2D eigenvalue weighted by atomic mass is 9.64.